The number of aryl methyl sites for hydroxylation is 1. The van der Waals surface area contributed by atoms with Crippen LogP contribution in [0.5, 0.6) is 0 Å². The Morgan fingerprint density at radius 1 is 1.35 bits per heavy atom. The summed E-state index contributed by atoms with van der Waals surface area (Å²) in [6.45, 7) is 5.56. The van der Waals surface area contributed by atoms with Crippen LogP contribution in [-0.2, 0) is 4.79 Å². The standard InChI is InChI=1S/C18H26N2O3/c1-13-5-7-15(8-6-13)18(23)20-9-3-4-16(11-20)17(22)19-10-14(2)12-21/h5-8,14,16,21H,3-4,9-12H2,1-2H3,(H,19,22)/t14-,16-/m1/s1. The van der Waals surface area contributed by atoms with E-state index in [0.29, 0.717) is 25.2 Å². The number of piperidine rings is 1. The van der Waals surface area contributed by atoms with Crippen molar-refractivity contribution < 1.29 is 14.7 Å². The van der Waals surface area contributed by atoms with Crippen molar-refractivity contribution in [2.24, 2.45) is 11.8 Å². The number of hydrogen-bond acceptors (Lipinski definition) is 3. The van der Waals surface area contributed by atoms with Gasteiger partial charge in [-0.05, 0) is 37.8 Å². The molecule has 2 amide bonds. The molecule has 0 aliphatic carbocycles. The molecule has 1 aromatic carbocycles. The summed E-state index contributed by atoms with van der Waals surface area (Å²) in [6.07, 6.45) is 1.64. The monoisotopic (exact) mass is 318 g/mol. The number of benzene rings is 1. The number of nitrogens with zero attached hydrogens (tertiary/aromatic N) is 1. The molecule has 2 atom stereocenters. The van der Waals surface area contributed by atoms with Gasteiger partial charge in [-0.25, -0.2) is 0 Å². The summed E-state index contributed by atoms with van der Waals surface area (Å²) in [5.74, 6) is -0.144. The Morgan fingerprint density at radius 2 is 2.04 bits per heavy atom. The molecule has 1 heterocycles. The maximum absolute atomic E-state index is 12.6. The summed E-state index contributed by atoms with van der Waals surface area (Å²) in [4.78, 5) is 26.6. The summed E-state index contributed by atoms with van der Waals surface area (Å²) in [5, 5.41) is 11.9. The van der Waals surface area contributed by atoms with Crippen molar-refractivity contribution >= 4 is 11.8 Å². The second-order valence-corrected chi connectivity index (χ2v) is 6.49. The molecule has 126 valence electrons. The van der Waals surface area contributed by atoms with E-state index in [2.05, 4.69) is 5.32 Å². The molecule has 1 aromatic rings. The van der Waals surface area contributed by atoms with E-state index in [0.717, 1.165) is 18.4 Å². The lowest BCUT2D eigenvalue weighted by atomic mass is 9.96. The maximum Gasteiger partial charge on any atom is 0.253 e. The largest absolute Gasteiger partial charge is 0.396 e. The van der Waals surface area contributed by atoms with Gasteiger partial charge in [-0.3, -0.25) is 9.59 Å². The van der Waals surface area contributed by atoms with Gasteiger partial charge in [0.05, 0.1) is 5.92 Å². The molecule has 1 aliphatic rings. The third kappa shape index (κ3) is 4.79. The molecule has 0 unspecified atom stereocenters. The van der Waals surface area contributed by atoms with E-state index >= 15 is 0 Å². The average Bonchev–Trinajstić information content (AvgIpc) is 2.59. The Bertz CT molecular complexity index is 542. The highest BCUT2D eigenvalue weighted by Gasteiger charge is 2.28. The van der Waals surface area contributed by atoms with Gasteiger partial charge in [-0.2, -0.15) is 0 Å². The first-order valence-corrected chi connectivity index (χ1v) is 8.25. The number of aliphatic hydroxyl groups is 1. The number of aliphatic hydroxyl groups excluding tert-OH is 1. The quantitative estimate of drug-likeness (QED) is 0.866. The van der Waals surface area contributed by atoms with Crippen LogP contribution in [-0.4, -0.2) is 48.1 Å². The number of amides is 2. The molecular weight excluding hydrogens is 292 g/mol. The molecule has 0 spiro atoms. The van der Waals surface area contributed by atoms with Crippen LogP contribution in [0.15, 0.2) is 24.3 Å². The molecule has 0 saturated carbocycles. The molecule has 2 N–H and O–H groups in total. The van der Waals surface area contributed by atoms with Crippen molar-refractivity contribution in [1.82, 2.24) is 10.2 Å². The van der Waals surface area contributed by atoms with Gasteiger partial charge in [0.15, 0.2) is 0 Å². The lowest BCUT2D eigenvalue weighted by Crippen LogP contribution is -2.46. The predicted octanol–water partition coefficient (Wildman–Crippen LogP) is 1.59. The van der Waals surface area contributed by atoms with Crippen LogP contribution in [0, 0.1) is 18.8 Å². The zero-order chi connectivity index (χ0) is 16.8. The third-order valence-electron chi connectivity index (χ3n) is 4.31. The topological polar surface area (TPSA) is 69.6 Å². The Kier molecular flexibility index (Phi) is 6.16. The highest BCUT2D eigenvalue weighted by atomic mass is 16.3. The molecule has 0 bridgehead atoms. The van der Waals surface area contributed by atoms with Gasteiger partial charge >= 0.3 is 0 Å². The first-order chi connectivity index (χ1) is 11.0. The van der Waals surface area contributed by atoms with Crippen LogP contribution >= 0.6 is 0 Å². The van der Waals surface area contributed by atoms with Gasteiger partial charge in [0.25, 0.3) is 5.91 Å². The second-order valence-electron chi connectivity index (χ2n) is 6.49. The number of nitrogens with one attached hydrogen (secondary N) is 1. The highest BCUT2D eigenvalue weighted by Crippen LogP contribution is 2.19. The van der Waals surface area contributed by atoms with Crippen molar-refractivity contribution in [2.75, 3.05) is 26.2 Å². The van der Waals surface area contributed by atoms with Crippen molar-refractivity contribution in [1.29, 1.82) is 0 Å². The van der Waals surface area contributed by atoms with E-state index in [4.69, 9.17) is 5.11 Å². The third-order valence-corrected chi connectivity index (χ3v) is 4.31. The van der Waals surface area contributed by atoms with Crippen molar-refractivity contribution in [3.8, 4) is 0 Å². The number of likely N-dealkylation sites (tertiary alicyclic amines) is 1. The summed E-state index contributed by atoms with van der Waals surface area (Å²) in [5.41, 5.74) is 1.79. The summed E-state index contributed by atoms with van der Waals surface area (Å²) in [6, 6.07) is 7.53. The minimum atomic E-state index is -0.163. The van der Waals surface area contributed by atoms with Crippen LogP contribution in [0.3, 0.4) is 0 Å². The molecule has 0 radical (unpaired) electrons. The fourth-order valence-corrected chi connectivity index (χ4v) is 2.74. The first kappa shape index (κ1) is 17.5. The fourth-order valence-electron chi connectivity index (χ4n) is 2.74. The zero-order valence-electron chi connectivity index (χ0n) is 13.9. The molecule has 1 saturated heterocycles. The van der Waals surface area contributed by atoms with Gasteiger partial charge in [-0.15, -0.1) is 0 Å². The predicted molar refractivity (Wildman–Crippen MR) is 89.1 cm³/mol. The van der Waals surface area contributed by atoms with Crippen molar-refractivity contribution in [3.63, 3.8) is 0 Å². The minimum absolute atomic E-state index is 0.00812. The Hall–Kier alpha value is -1.88. The summed E-state index contributed by atoms with van der Waals surface area (Å²) in [7, 11) is 0. The Labute approximate surface area is 137 Å². The number of carbonyl (C=O) groups excluding carboxylic acids is 2. The number of rotatable bonds is 5. The van der Waals surface area contributed by atoms with E-state index < -0.39 is 0 Å². The lowest BCUT2D eigenvalue weighted by Gasteiger charge is -2.32. The van der Waals surface area contributed by atoms with Gasteiger partial charge in [0.2, 0.25) is 5.91 Å². The van der Waals surface area contributed by atoms with Gasteiger partial charge in [-0.1, -0.05) is 24.6 Å². The fraction of sp³-hybridized carbons (Fsp3) is 0.556. The van der Waals surface area contributed by atoms with E-state index in [9.17, 15) is 9.59 Å². The molecule has 1 fully saturated rings. The van der Waals surface area contributed by atoms with Crippen LogP contribution in [0.2, 0.25) is 0 Å². The molecule has 23 heavy (non-hydrogen) atoms. The maximum atomic E-state index is 12.6. The summed E-state index contributed by atoms with van der Waals surface area (Å²) >= 11 is 0. The molecule has 1 aliphatic heterocycles. The van der Waals surface area contributed by atoms with Gasteiger partial charge in [0, 0.05) is 31.8 Å². The summed E-state index contributed by atoms with van der Waals surface area (Å²) < 4.78 is 0. The van der Waals surface area contributed by atoms with Crippen LogP contribution in [0.25, 0.3) is 0 Å². The lowest BCUT2D eigenvalue weighted by molar-refractivity contribution is -0.126. The molecule has 2 rings (SSSR count). The smallest absolute Gasteiger partial charge is 0.253 e. The Morgan fingerprint density at radius 3 is 2.70 bits per heavy atom. The van der Waals surface area contributed by atoms with E-state index in [1.54, 1.807) is 4.90 Å². The van der Waals surface area contributed by atoms with E-state index in [1.807, 2.05) is 38.1 Å². The molecule has 0 aromatic heterocycles. The van der Waals surface area contributed by atoms with E-state index in [-0.39, 0.29) is 30.3 Å². The molecule has 5 heteroatoms. The van der Waals surface area contributed by atoms with Gasteiger partial charge < -0.3 is 15.3 Å². The average molecular weight is 318 g/mol. The zero-order valence-corrected chi connectivity index (χ0v) is 13.9. The van der Waals surface area contributed by atoms with Crippen molar-refractivity contribution in [3.05, 3.63) is 35.4 Å². The van der Waals surface area contributed by atoms with Crippen LogP contribution in [0.4, 0.5) is 0 Å². The van der Waals surface area contributed by atoms with Crippen LogP contribution < -0.4 is 5.32 Å². The van der Waals surface area contributed by atoms with Gasteiger partial charge in [0.1, 0.15) is 0 Å². The molecule has 5 nitrogen and oxygen atoms in total. The number of carbonyl (C=O) groups is 2. The second kappa shape index (κ2) is 8.11. The first-order valence-electron chi connectivity index (χ1n) is 8.25. The Balaban J connectivity index is 1.93. The highest BCUT2D eigenvalue weighted by molar-refractivity contribution is 5.94. The van der Waals surface area contributed by atoms with Crippen molar-refractivity contribution in [2.45, 2.75) is 26.7 Å². The number of hydrogen-bond donors (Lipinski definition) is 2. The molecular formula is C18H26N2O3. The SMILES string of the molecule is Cc1ccc(C(=O)N2CCC[C@@H](C(=O)NC[C@@H](C)CO)C2)cc1. The minimum Gasteiger partial charge on any atom is -0.396 e. The van der Waals surface area contributed by atoms with Crippen LogP contribution in [0.1, 0.15) is 35.7 Å². The normalized spacial score (nSPS) is 19.3. The van der Waals surface area contributed by atoms with E-state index in [1.165, 1.54) is 0 Å².